The molecule has 0 saturated carbocycles. The highest BCUT2D eigenvalue weighted by Gasteiger charge is 2.17. The number of esters is 2. The molecule has 5 nitrogen and oxygen atoms in total. The minimum atomic E-state index is -0.557. The van der Waals surface area contributed by atoms with Crippen molar-refractivity contribution in [2.75, 3.05) is 19.8 Å². The molecular weight excluding hydrogens is 837 g/mol. The van der Waals surface area contributed by atoms with E-state index >= 15 is 0 Å². The summed E-state index contributed by atoms with van der Waals surface area (Å²) >= 11 is 0. The van der Waals surface area contributed by atoms with E-state index in [1.165, 1.54) is 154 Å². The van der Waals surface area contributed by atoms with Crippen LogP contribution in [0.4, 0.5) is 0 Å². The van der Waals surface area contributed by atoms with Crippen LogP contribution in [0.15, 0.2) is 85.1 Å². The highest BCUT2D eigenvalue weighted by molar-refractivity contribution is 5.70. The molecule has 1 unspecified atom stereocenters. The summed E-state index contributed by atoms with van der Waals surface area (Å²) in [5, 5.41) is 0. The maximum atomic E-state index is 12.9. The number of unbranched alkanes of at least 4 members (excludes halogenated alkanes) is 28. The predicted molar refractivity (Wildman–Crippen MR) is 297 cm³/mol. The predicted octanol–water partition coefficient (Wildman–Crippen LogP) is 20.0. The molecule has 0 aromatic heterocycles. The third-order valence-corrected chi connectivity index (χ3v) is 12.4. The van der Waals surface area contributed by atoms with E-state index in [0.717, 1.165) is 89.9 Å². The van der Waals surface area contributed by atoms with Crippen molar-refractivity contribution in [2.24, 2.45) is 0 Å². The second-order valence-electron chi connectivity index (χ2n) is 19.2. The SMILES string of the molecule is CCCCC/C=C\C/C=C\C/C=C\CCCCCCCCC(=O)OCC(COCCCCCCCCCC/C=C\C/C=C\CCCCC)OC(=O)CCCCCCC/C=C\C/C=C\CCCCC. The first-order chi connectivity index (χ1) is 33.6. The Balaban J connectivity index is 4.33. The van der Waals surface area contributed by atoms with E-state index in [0.29, 0.717) is 19.4 Å². The Kier molecular flexibility index (Phi) is 55.9. The molecule has 0 aliphatic carbocycles. The smallest absolute Gasteiger partial charge is 0.306 e. The average Bonchev–Trinajstić information content (AvgIpc) is 3.34. The van der Waals surface area contributed by atoms with Gasteiger partial charge in [0.15, 0.2) is 6.10 Å². The average molecular weight is 948 g/mol. The summed E-state index contributed by atoms with van der Waals surface area (Å²) in [4.78, 5) is 25.5. The molecule has 0 amide bonds. The molecule has 0 radical (unpaired) electrons. The van der Waals surface area contributed by atoms with Crippen molar-refractivity contribution in [1.29, 1.82) is 0 Å². The number of hydrogen-bond donors (Lipinski definition) is 0. The van der Waals surface area contributed by atoms with Crippen molar-refractivity contribution in [1.82, 2.24) is 0 Å². The number of rotatable bonds is 53. The molecule has 392 valence electrons. The third kappa shape index (κ3) is 55.7. The molecule has 68 heavy (non-hydrogen) atoms. The van der Waals surface area contributed by atoms with Gasteiger partial charge in [-0.25, -0.2) is 0 Å². The summed E-state index contributed by atoms with van der Waals surface area (Å²) in [6.07, 6.45) is 77.4. The van der Waals surface area contributed by atoms with Crippen molar-refractivity contribution < 1.29 is 23.8 Å². The molecule has 0 spiro atoms. The molecule has 0 aliphatic heterocycles. The number of ether oxygens (including phenoxy) is 3. The monoisotopic (exact) mass is 947 g/mol. The van der Waals surface area contributed by atoms with Gasteiger partial charge in [-0.2, -0.15) is 0 Å². The summed E-state index contributed by atoms with van der Waals surface area (Å²) in [7, 11) is 0. The van der Waals surface area contributed by atoms with Crippen LogP contribution in [-0.4, -0.2) is 37.9 Å². The van der Waals surface area contributed by atoms with Crippen LogP contribution in [0.1, 0.15) is 278 Å². The lowest BCUT2D eigenvalue weighted by atomic mass is 10.1. The molecule has 0 fully saturated rings. The van der Waals surface area contributed by atoms with Crippen LogP contribution in [0.3, 0.4) is 0 Å². The first-order valence-corrected chi connectivity index (χ1v) is 29.1. The summed E-state index contributed by atoms with van der Waals surface area (Å²) in [6.45, 7) is 7.73. The molecule has 1 atom stereocenters. The van der Waals surface area contributed by atoms with E-state index in [-0.39, 0.29) is 25.2 Å². The van der Waals surface area contributed by atoms with Crippen LogP contribution in [0, 0.1) is 0 Å². The van der Waals surface area contributed by atoms with Gasteiger partial charge in [0.25, 0.3) is 0 Å². The lowest BCUT2D eigenvalue weighted by Crippen LogP contribution is -2.30. The van der Waals surface area contributed by atoms with E-state index in [2.05, 4.69) is 106 Å². The molecule has 0 aromatic rings. The molecule has 0 saturated heterocycles. The summed E-state index contributed by atoms with van der Waals surface area (Å²) < 4.78 is 17.5. The normalized spacial score (nSPS) is 12.8. The largest absolute Gasteiger partial charge is 0.462 e. The maximum absolute atomic E-state index is 12.9. The molecule has 0 aliphatic rings. The highest BCUT2D eigenvalue weighted by Crippen LogP contribution is 2.14. The van der Waals surface area contributed by atoms with Gasteiger partial charge in [0.2, 0.25) is 0 Å². The fraction of sp³-hybridized carbons (Fsp3) is 0.746. The van der Waals surface area contributed by atoms with Crippen molar-refractivity contribution in [3.05, 3.63) is 85.1 Å². The first kappa shape index (κ1) is 65.1. The zero-order chi connectivity index (χ0) is 49.2. The molecule has 0 rings (SSSR count). The molecule has 0 bridgehead atoms. The van der Waals surface area contributed by atoms with Gasteiger partial charge in [-0.05, 0) is 122 Å². The molecule has 5 heteroatoms. The fourth-order valence-corrected chi connectivity index (χ4v) is 7.99. The van der Waals surface area contributed by atoms with Gasteiger partial charge in [-0.15, -0.1) is 0 Å². The van der Waals surface area contributed by atoms with Gasteiger partial charge < -0.3 is 14.2 Å². The fourth-order valence-electron chi connectivity index (χ4n) is 7.99. The van der Waals surface area contributed by atoms with Gasteiger partial charge in [-0.1, -0.05) is 228 Å². The highest BCUT2D eigenvalue weighted by atomic mass is 16.6. The Morgan fingerprint density at radius 1 is 0.324 bits per heavy atom. The molecule has 0 N–H and O–H groups in total. The van der Waals surface area contributed by atoms with E-state index < -0.39 is 6.10 Å². The van der Waals surface area contributed by atoms with Crippen molar-refractivity contribution in [2.45, 2.75) is 284 Å². The first-order valence-electron chi connectivity index (χ1n) is 29.1. The van der Waals surface area contributed by atoms with Gasteiger partial charge in [-0.3, -0.25) is 9.59 Å². The summed E-state index contributed by atoms with van der Waals surface area (Å²) in [5.41, 5.74) is 0. The lowest BCUT2D eigenvalue weighted by molar-refractivity contribution is -0.163. The van der Waals surface area contributed by atoms with Crippen molar-refractivity contribution in [3.63, 3.8) is 0 Å². The van der Waals surface area contributed by atoms with Gasteiger partial charge in [0.1, 0.15) is 6.61 Å². The van der Waals surface area contributed by atoms with Gasteiger partial charge in [0, 0.05) is 19.4 Å². The van der Waals surface area contributed by atoms with E-state index in [9.17, 15) is 9.59 Å². The Morgan fingerprint density at radius 3 is 0.985 bits per heavy atom. The minimum absolute atomic E-state index is 0.0676. The van der Waals surface area contributed by atoms with Crippen LogP contribution in [0.5, 0.6) is 0 Å². The number of carbonyl (C=O) groups excluding carboxylic acids is 2. The lowest BCUT2D eigenvalue weighted by Gasteiger charge is -2.18. The van der Waals surface area contributed by atoms with Crippen LogP contribution in [-0.2, 0) is 23.8 Å². The van der Waals surface area contributed by atoms with E-state index in [1.807, 2.05) is 0 Å². The third-order valence-electron chi connectivity index (χ3n) is 12.4. The van der Waals surface area contributed by atoms with Crippen LogP contribution >= 0.6 is 0 Å². The number of allylic oxidation sites excluding steroid dienone is 14. The van der Waals surface area contributed by atoms with Crippen molar-refractivity contribution in [3.8, 4) is 0 Å². The number of carbonyl (C=O) groups is 2. The quantitative estimate of drug-likeness (QED) is 0.0345. The van der Waals surface area contributed by atoms with Gasteiger partial charge >= 0.3 is 11.9 Å². The Hall–Kier alpha value is -2.92. The second-order valence-corrected chi connectivity index (χ2v) is 19.2. The number of hydrogen-bond acceptors (Lipinski definition) is 5. The minimum Gasteiger partial charge on any atom is -0.462 e. The van der Waals surface area contributed by atoms with Crippen LogP contribution in [0.2, 0.25) is 0 Å². The van der Waals surface area contributed by atoms with E-state index in [1.54, 1.807) is 0 Å². The maximum Gasteiger partial charge on any atom is 0.306 e. The zero-order valence-electron chi connectivity index (χ0n) is 45.1. The Labute approximate surface area is 422 Å². The summed E-state index contributed by atoms with van der Waals surface area (Å²) in [6, 6.07) is 0. The zero-order valence-corrected chi connectivity index (χ0v) is 45.1. The van der Waals surface area contributed by atoms with Crippen LogP contribution < -0.4 is 0 Å². The second kappa shape index (κ2) is 58.4. The molecule has 0 aromatic carbocycles. The van der Waals surface area contributed by atoms with Gasteiger partial charge in [0.05, 0.1) is 6.61 Å². The van der Waals surface area contributed by atoms with E-state index in [4.69, 9.17) is 14.2 Å². The molecule has 0 heterocycles. The summed E-state index contributed by atoms with van der Waals surface area (Å²) in [5.74, 6) is -0.426. The standard InChI is InChI=1S/C63H110O5/c1-4-7-10-13-16-19-22-25-28-30-32-33-36-38-41-44-47-50-53-56-62(64)67-60-61(68-63(65)57-54-51-48-45-42-39-35-27-24-21-18-15-12-9-6-3)59-66-58-55-52-49-46-43-40-37-34-31-29-26-23-20-17-14-11-8-5-2/h16-21,25-29,32-33,35,61H,4-15,22-24,30-31,34,36-60H2,1-3H3/b19-16-,20-17-,21-18-,28-25-,29-26-,33-32-,35-27-. The van der Waals surface area contributed by atoms with Crippen LogP contribution in [0.25, 0.3) is 0 Å². The van der Waals surface area contributed by atoms with Crippen molar-refractivity contribution >= 4 is 11.9 Å². The Bertz CT molecular complexity index is 1250. The topological polar surface area (TPSA) is 61.8 Å². The molecular formula is C63H110O5. The Morgan fingerprint density at radius 2 is 0.618 bits per heavy atom.